The van der Waals surface area contributed by atoms with Crippen molar-refractivity contribution in [2.45, 2.75) is 13.3 Å². The van der Waals surface area contributed by atoms with E-state index in [0.29, 0.717) is 10.8 Å². The highest BCUT2D eigenvalue weighted by Gasteiger charge is 2.04. The Kier molecular flexibility index (Phi) is 3.06. The van der Waals surface area contributed by atoms with Crippen LogP contribution in [0.25, 0.3) is 11.3 Å². The van der Waals surface area contributed by atoms with Crippen molar-refractivity contribution in [2.24, 2.45) is 0 Å². The normalized spacial score (nSPS) is 10.4. The molecule has 0 spiro atoms. The van der Waals surface area contributed by atoms with E-state index in [4.69, 9.17) is 17.3 Å². The molecule has 1 aromatic carbocycles. The van der Waals surface area contributed by atoms with Gasteiger partial charge in [0.2, 0.25) is 0 Å². The lowest BCUT2D eigenvalue weighted by Crippen LogP contribution is -1.99. The van der Waals surface area contributed by atoms with Crippen molar-refractivity contribution in [3.8, 4) is 11.3 Å². The monoisotopic (exact) mass is 233 g/mol. The van der Waals surface area contributed by atoms with Gasteiger partial charge in [-0.3, -0.25) is 0 Å². The third kappa shape index (κ3) is 2.31. The fourth-order valence-electron chi connectivity index (χ4n) is 1.47. The van der Waals surface area contributed by atoms with Crippen LogP contribution in [0.5, 0.6) is 0 Å². The molecule has 0 unspecified atom stereocenters. The zero-order valence-corrected chi connectivity index (χ0v) is 9.70. The number of benzene rings is 1. The van der Waals surface area contributed by atoms with Crippen LogP contribution >= 0.6 is 11.6 Å². The van der Waals surface area contributed by atoms with Crippen molar-refractivity contribution in [2.75, 3.05) is 5.73 Å². The molecule has 1 aromatic heterocycles. The Morgan fingerprint density at radius 1 is 1.25 bits per heavy atom. The van der Waals surface area contributed by atoms with E-state index in [9.17, 15) is 0 Å². The number of halogens is 1. The first-order valence-corrected chi connectivity index (χ1v) is 5.46. The molecule has 2 aromatic rings. The summed E-state index contributed by atoms with van der Waals surface area (Å²) < 4.78 is 0. The first-order valence-electron chi connectivity index (χ1n) is 5.08. The quantitative estimate of drug-likeness (QED) is 0.868. The summed E-state index contributed by atoms with van der Waals surface area (Å²) in [7, 11) is 0. The smallest absolute Gasteiger partial charge is 0.131 e. The molecule has 0 aliphatic rings. The summed E-state index contributed by atoms with van der Waals surface area (Å²) in [6.45, 7) is 2.00. The van der Waals surface area contributed by atoms with Gasteiger partial charge < -0.3 is 5.73 Å². The first kappa shape index (κ1) is 10.9. The van der Waals surface area contributed by atoms with Crippen LogP contribution in [0.4, 0.5) is 5.82 Å². The average molecular weight is 234 g/mol. The minimum absolute atomic E-state index is 0.488. The summed E-state index contributed by atoms with van der Waals surface area (Å²) in [4.78, 5) is 8.55. The van der Waals surface area contributed by atoms with Crippen LogP contribution in [0.2, 0.25) is 5.02 Å². The molecular weight excluding hydrogens is 222 g/mol. The Balaban J connectivity index is 2.51. The Hall–Kier alpha value is -1.61. The number of hydrogen-bond acceptors (Lipinski definition) is 3. The van der Waals surface area contributed by atoms with Crippen LogP contribution in [0.15, 0.2) is 30.3 Å². The molecule has 0 aliphatic heterocycles. The van der Waals surface area contributed by atoms with Gasteiger partial charge in [-0.15, -0.1) is 0 Å². The fourth-order valence-corrected chi connectivity index (χ4v) is 1.66. The molecule has 4 heteroatoms. The topological polar surface area (TPSA) is 51.8 Å². The van der Waals surface area contributed by atoms with Gasteiger partial charge in [0.25, 0.3) is 0 Å². The Morgan fingerprint density at radius 3 is 2.75 bits per heavy atom. The van der Waals surface area contributed by atoms with Gasteiger partial charge in [-0.25, -0.2) is 9.97 Å². The van der Waals surface area contributed by atoms with Crippen LogP contribution in [-0.4, -0.2) is 9.97 Å². The van der Waals surface area contributed by atoms with Crippen LogP contribution in [-0.2, 0) is 6.42 Å². The average Bonchev–Trinajstić information content (AvgIpc) is 2.28. The van der Waals surface area contributed by atoms with Crippen molar-refractivity contribution < 1.29 is 0 Å². The highest BCUT2D eigenvalue weighted by atomic mass is 35.5. The second kappa shape index (κ2) is 4.49. The maximum Gasteiger partial charge on any atom is 0.131 e. The Bertz CT molecular complexity index is 511. The predicted molar refractivity (Wildman–Crippen MR) is 66.3 cm³/mol. The van der Waals surface area contributed by atoms with E-state index in [1.54, 1.807) is 6.07 Å². The molecule has 1 heterocycles. The molecule has 0 amide bonds. The Labute approximate surface area is 99.3 Å². The number of nitrogens with two attached hydrogens (primary N) is 1. The SMILES string of the molecule is CCc1nc(N)cc(-c2cccc(Cl)c2)n1. The van der Waals surface area contributed by atoms with Gasteiger partial charge in [-0.05, 0) is 12.1 Å². The van der Waals surface area contributed by atoms with Gasteiger partial charge in [0.15, 0.2) is 0 Å². The third-order valence-corrected chi connectivity index (χ3v) is 2.46. The number of aromatic nitrogens is 2. The van der Waals surface area contributed by atoms with Gasteiger partial charge in [0, 0.05) is 23.1 Å². The minimum atomic E-state index is 0.488. The molecule has 0 atom stereocenters. The van der Waals surface area contributed by atoms with Crippen LogP contribution < -0.4 is 5.73 Å². The van der Waals surface area contributed by atoms with E-state index in [1.165, 1.54) is 0 Å². The molecule has 2 rings (SSSR count). The second-order valence-corrected chi connectivity index (χ2v) is 3.89. The van der Waals surface area contributed by atoms with E-state index in [-0.39, 0.29) is 0 Å². The first-order chi connectivity index (χ1) is 7.69. The molecule has 0 aliphatic carbocycles. The maximum atomic E-state index is 5.93. The zero-order chi connectivity index (χ0) is 11.5. The molecule has 2 N–H and O–H groups in total. The summed E-state index contributed by atoms with van der Waals surface area (Å²) >= 11 is 5.93. The van der Waals surface area contributed by atoms with E-state index in [2.05, 4.69) is 9.97 Å². The summed E-state index contributed by atoms with van der Waals surface area (Å²) in [5.74, 6) is 1.23. The minimum Gasteiger partial charge on any atom is -0.384 e. The van der Waals surface area contributed by atoms with Crippen LogP contribution in [0.1, 0.15) is 12.7 Å². The second-order valence-electron chi connectivity index (χ2n) is 3.46. The lowest BCUT2D eigenvalue weighted by Gasteiger charge is -2.04. The molecule has 82 valence electrons. The summed E-state index contributed by atoms with van der Waals surface area (Å²) in [6.07, 6.45) is 0.763. The maximum absolute atomic E-state index is 5.93. The van der Waals surface area contributed by atoms with Crippen molar-refractivity contribution in [1.82, 2.24) is 9.97 Å². The van der Waals surface area contributed by atoms with Crippen molar-refractivity contribution in [3.05, 3.63) is 41.2 Å². The number of rotatable bonds is 2. The lowest BCUT2D eigenvalue weighted by atomic mass is 10.1. The van der Waals surface area contributed by atoms with Crippen LogP contribution in [0.3, 0.4) is 0 Å². The van der Waals surface area contributed by atoms with Gasteiger partial charge in [0.05, 0.1) is 5.69 Å². The van der Waals surface area contributed by atoms with Crippen molar-refractivity contribution in [3.63, 3.8) is 0 Å². The number of nitrogen functional groups attached to an aromatic ring is 1. The van der Waals surface area contributed by atoms with Gasteiger partial charge in [-0.1, -0.05) is 30.7 Å². The predicted octanol–water partition coefficient (Wildman–Crippen LogP) is 2.94. The number of aryl methyl sites for hydroxylation is 1. The standard InChI is InChI=1S/C12H12ClN3/c1-2-12-15-10(7-11(14)16-12)8-4-3-5-9(13)6-8/h3-7H,2H2,1H3,(H2,14,15,16). The molecule has 0 fully saturated rings. The molecule has 16 heavy (non-hydrogen) atoms. The number of nitrogens with zero attached hydrogens (tertiary/aromatic N) is 2. The summed E-state index contributed by atoms with van der Waals surface area (Å²) in [6, 6.07) is 9.29. The van der Waals surface area contributed by atoms with E-state index in [0.717, 1.165) is 23.5 Å². The third-order valence-electron chi connectivity index (χ3n) is 2.23. The van der Waals surface area contributed by atoms with Gasteiger partial charge >= 0.3 is 0 Å². The summed E-state index contributed by atoms with van der Waals surface area (Å²) in [5.41, 5.74) is 7.49. The van der Waals surface area contributed by atoms with Crippen molar-refractivity contribution in [1.29, 1.82) is 0 Å². The molecule has 3 nitrogen and oxygen atoms in total. The molecular formula is C12H12ClN3. The van der Waals surface area contributed by atoms with E-state index in [1.807, 2.05) is 31.2 Å². The molecule has 0 bridgehead atoms. The fraction of sp³-hybridized carbons (Fsp3) is 0.167. The largest absolute Gasteiger partial charge is 0.384 e. The highest BCUT2D eigenvalue weighted by Crippen LogP contribution is 2.22. The lowest BCUT2D eigenvalue weighted by molar-refractivity contribution is 0.949. The zero-order valence-electron chi connectivity index (χ0n) is 8.94. The van der Waals surface area contributed by atoms with Crippen LogP contribution in [0, 0.1) is 0 Å². The highest BCUT2D eigenvalue weighted by molar-refractivity contribution is 6.30. The van der Waals surface area contributed by atoms with Crippen molar-refractivity contribution >= 4 is 17.4 Å². The van der Waals surface area contributed by atoms with E-state index < -0.39 is 0 Å². The number of hydrogen-bond donors (Lipinski definition) is 1. The Morgan fingerprint density at radius 2 is 2.06 bits per heavy atom. The van der Waals surface area contributed by atoms with E-state index >= 15 is 0 Å². The van der Waals surface area contributed by atoms with Gasteiger partial charge in [0.1, 0.15) is 11.6 Å². The summed E-state index contributed by atoms with van der Waals surface area (Å²) in [5, 5.41) is 0.688. The van der Waals surface area contributed by atoms with Gasteiger partial charge in [-0.2, -0.15) is 0 Å². The molecule has 0 radical (unpaired) electrons. The number of anilines is 1. The molecule has 0 saturated heterocycles. The molecule has 0 saturated carbocycles.